The summed E-state index contributed by atoms with van der Waals surface area (Å²) in [5.41, 5.74) is -1.04. The van der Waals surface area contributed by atoms with E-state index in [0.717, 1.165) is 43.9 Å². The molecule has 6 rings (SSSR count). The molecule has 10 nitrogen and oxygen atoms in total. The molecular formula is C37H47ClN4O6. The van der Waals surface area contributed by atoms with Crippen LogP contribution in [0.2, 0.25) is 5.02 Å². The number of ketones is 1. The average Bonchev–Trinajstić information content (AvgIpc) is 3.85. The third-order valence-corrected chi connectivity index (χ3v) is 10.9. The highest BCUT2D eigenvalue weighted by Gasteiger charge is 2.64. The second-order valence-electron chi connectivity index (χ2n) is 15.1. The molecule has 4 aliphatic rings. The number of halogens is 1. The standard InChI is InChI=1S/C37H47ClN4O6/c1-6-21-16-27(21)32(43)37(19-22(37)7-2)41-33(44)29-18-25(47-30-14-15-39-28-17-23(38)12-13-26(28)30)20-42(29)34(45)31(36(3,4)5)40-35(46)48-24-10-8-9-11-24/h7,12-15,17,21-22,24-25,27,29,31H,2,6,8-11,16,18-20H2,1,3-5H3,(H,40,46)(H,41,44)/t21?,22-,25-,27+,29?,31-,37-/m1/s1. The highest BCUT2D eigenvalue weighted by Crippen LogP contribution is 2.53. The van der Waals surface area contributed by atoms with Gasteiger partial charge in [-0.15, -0.1) is 6.58 Å². The van der Waals surface area contributed by atoms with Crippen LogP contribution in [0.5, 0.6) is 5.75 Å². The van der Waals surface area contributed by atoms with E-state index in [1.807, 2.05) is 26.8 Å². The number of hydrogen-bond donors (Lipinski definition) is 2. The molecule has 2 N–H and O–H groups in total. The molecule has 0 radical (unpaired) electrons. The number of carbonyl (C=O) groups is 4. The van der Waals surface area contributed by atoms with E-state index in [1.165, 1.54) is 4.90 Å². The van der Waals surface area contributed by atoms with Crippen LogP contribution in [0.4, 0.5) is 4.79 Å². The molecule has 1 saturated heterocycles. The van der Waals surface area contributed by atoms with E-state index in [1.54, 1.807) is 30.5 Å². The molecule has 0 bridgehead atoms. The molecule has 3 aliphatic carbocycles. The monoisotopic (exact) mass is 678 g/mol. The maximum absolute atomic E-state index is 14.5. The molecule has 3 saturated carbocycles. The number of fused-ring (bicyclic) bond motifs is 1. The first-order valence-electron chi connectivity index (χ1n) is 17.3. The van der Waals surface area contributed by atoms with E-state index in [0.29, 0.717) is 28.6 Å². The topological polar surface area (TPSA) is 127 Å². The summed E-state index contributed by atoms with van der Waals surface area (Å²) in [5.74, 6) is -0.0860. The highest BCUT2D eigenvalue weighted by molar-refractivity contribution is 6.31. The Labute approximate surface area is 287 Å². The van der Waals surface area contributed by atoms with Crippen molar-refractivity contribution in [2.45, 2.75) is 109 Å². The zero-order valence-electron chi connectivity index (χ0n) is 28.3. The lowest BCUT2D eigenvalue weighted by Crippen LogP contribution is -2.59. The lowest BCUT2D eigenvalue weighted by atomic mass is 9.85. The second-order valence-corrected chi connectivity index (χ2v) is 15.5. The summed E-state index contributed by atoms with van der Waals surface area (Å²) in [7, 11) is 0. The van der Waals surface area contributed by atoms with Gasteiger partial charge < -0.3 is 25.0 Å². The van der Waals surface area contributed by atoms with Crippen molar-refractivity contribution in [2.75, 3.05) is 6.54 Å². The first kappa shape index (κ1) is 34.2. The fourth-order valence-corrected chi connectivity index (χ4v) is 7.76. The molecule has 258 valence electrons. The number of rotatable bonds is 11. The largest absolute Gasteiger partial charge is 0.488 e. The Morgan fingerprint density at radius 1 is 1.15 bits per heavy atom. The number of carbonyl (C=O) groups excluding carboxylic acids is 4. The van der Waals surface area contributed by atoms with Gasteiger partial charge in [-0.2, -0.15) is 0 Å². The first-order chi connectivity index (χ1) is 22.8. The van der Waals surface area contributed by atoms with Gasteiger partial charge in [0.05, 0.1) is 12.1 Å². The number of amides is 3. The maximum atomic E-state index is 14.5. The van der Waals surface area contributed by atoms with E-state index in [4.69, 9.17) is 21.1 Å². The molecule has 1 aromatic carbocycles. The van der Waals surface area contributed by atoms with E-state index in [2.05, 4.69) is 29.1 Å². The van der Waals surface area contributed by atoms with Crippen LogP contribution in [0.1, 0.15) is 79.1 Å². The normalized spacial score (nSPS) is 28.9. The molecule has 1 aliphatic heterocycles. The van der Waals surface area contributed by atoms with Crippen LogP contribution >= 0.6 is 11.6 Å². The van der Waals surface area contributed by atoms with Crippen LogP contribution in [-0.4, -0.2) is 70.0 Å². The third kappa shape index (κ3) is 6.91. The van der Waals surface area contributed by atoms with Crippen LogP contribution in [0, 0.1) is 23.2 Å². The number of hydrogen-bond acceptors (Lipinski definition) is 7. The van der Waals surface area contributed by atoms with E-state index in [9.17, 15) is 19.2 Å². The minimum absolute atomic E-state index is 0.0575. The summed E-state index contributed by atoms with van der Waals surface area (Å²) in [6.45, 7) is 11.7. The fraction of sp³-hybridized carbons (Fsp3) is 0.595. The molecular weight excluding hydrogens is 632 g/mol. The maximum Gasteiger partial charge on any atom is 0.408 e. The predicted molar refractivity (Wildman–Crippen MR) is 182 cm³/mol. The molecule has 11 heteroatoms. The van der Waals surface area contributed by atoms with Crippen molar-refractivity contribution in [1.82, 2.24) is 20.5 Å². The molecule has 3 amide bonds. The van der Waals surface area contributed by atoms with Crippen molar-refractivity contribution in [1.29, 1.82) is 0 Å². The Kier molecular flexibility index (Phi) is 9.50. The van der Waals surface area contributed by atoms with Gasteiger partial charge in [0.15, 0.2) is 5.78 Å². The minimum Gasteiger partial charge on any atom is -0.488 e. The van der Waals surface area contributed by atoms with E-state index >= 15 is 0 Å². The van der Waals surface area contributed by atoms with Gasteiger partial charge >= 0.3 is 6.09 Å². The number of ether oxygens (including phenoxy) is 2. The summed E-state index contributed by atoms with van der Waals surface area (Å²) < 4.78 is 12.1. The van der Waals surface area contributed by atoms with Crippen LogP contribution in [0.15, 0.2) is 43.1 Å². The lowest BCUT2D eigenvalue weighted by Gasteiger charge is -2.35. The van der Waals surface area contributed by atoms with E-state index in [-0.39, 0.29) is 36.7 Å². The molecule has 2 unspecified atom stereocenters. The van der Waals surface area contributed by atoms with Crippen LogP contribution in [0.25, 0.3) is 10.9 Å². The number of alkyl carbamates (subject to hydrolysis) is 1. The van der Waals surface area contributed by atoms with Crippen molar-refractivity contribution in [3.8, 4) is 5.75 Å². The van der Waals surface area contributed by atoms with Gasteiger partial charge in [-0.25, -0.2) is 4.79 Å². The molecule has 2 aromatic rings. The number of Topliss-reactive ketones (excluding diaryl/α,β-unsaturated/α-hetero) is 1. The summed E-state index contributed by atoms with van der Waals surface area (Å²) >= 11 is 6.20. The van der Waals surface area contributed by atoms with Gasteiger partial charge in [-0.1, -0.05) is 51.8 Å². The Morgan fingerprint density at radius 2 is 1.90 bits per heavy atom. The van der Waals surface area contributed by atoms with Crippen molar-refractivity contribution < 1.29 is 28.7 Å². The molecule has 4 fully saturated rings. The number of nitrogens with one attached hydrogen (secondary N) is 2. The zero-order chi connectivity index (χ0) is 34.4. The van der Waals surface area contributed by atoms with Gasteiger partial charge in [-0.3, -0.25) is 19.4 Å². The average molecular weight is 679 g/mol. The van der Waals surface area contributed by atoms with Gasteiger partial charge in [0, 0.05) is 34.9 Å². The highest BCUT2D eigenvalue weighted by atomic mass is 35.5. The summed E-state index contributed by atoms with van der Waals surface area (Å²) in [6, 6.07) is 5.18. The Bertz CT molecular complexity index is 1600. The third-order valence-electron chi connectivity index (χ3n) is 10.6. The number of aromatic nitrogens is 1. The van der Waals surface area contributed by atoms with Crippen molar-refractivity contribution in [3.63, 3.8) is 0 Å². The number of benzene rings is 1. The second kappa shape index (κ2) is 13.3. The fourth-order valence-electron chi connectivity index (χ4n) is 7.59. The number of likely N-dealkylation sites (tertiary alicyclic amines) is 1. The molecule has 7 atom stereocenters. The quantitative estimate of drug-likeness (QED) is 0.279. The number of pyridine rings is 1. The summed E-state index contributed by atoms with van der Waals surface area (Å²) in [5, 5.41) is 7.23. The minimum atomic E-state index is -1.01. The van der Waals surface area contributed by atoms with E-state index < -0.39 is 47.0 Å². The lowest BCUT2D eigenvalue weighted by molar-refractivity contribution is -0.143. The zero-order valence-corrected chi connectivity index (χ0v) is 29.1. The summed E-state index contributed by atoms with van der Waals surface area (Å²) in [6.07, 6.45) is 8.07. The van der Waals surface area contributed by atoms with Crippen LogP contribution in [-0.2, 0) is 19.1 Å². The SMILES string of the molecule is C=C[C@@H]1C[C@]1(NC(=O)C1C[C@@H](Oc2ccnc3cc(Cl)ccc23)CN1C(=O)[C@@H](NC(=O)OC1CCCC1)C(C)(C)C)C(=O)[C@H]1CC1CC. The van der Waals surface area contributed by atoms with Crippen LogP contribution in [0.3, 0.4) is 0 Å². The summed E-state index contributed by atoms with van der Waals surface area (Å²) in [4.78, 5) is 61.4. The molecule has 48 heavy (non-hydrogen) atoms. The van der Waals surface area contributed by atoms with Crippen LogP contribution < -0.4 is 15.4 Å². The number of nitrogens with zero attached hydrogens (tertiary/aromatic N) is 2. The van der Waals surface area contributed by atoms with Gasteiger partial charge in [0.25, 0.3) is 0 Å². The van der Waals surface area contributed by atoms with Gasteiger partial charge in [-0.05, 0) is 74.1 Å². The van der Waals surface area contributed by atoms with Crippen molar-refractivity contribution in [3.05, 3.63) is 48.1 Å². The van der Waals surface area contributed by atoms with Gasteiger partial charge in [0.2, 0.25) is 11.8 Å². The predicted octanol–water partition coefficient (Wildman–Crippen LogP) is 6.00. The van der Waals surface area contributed by atoms with Crippen molar-refractivity contribution in [2.24, 2.45) is 23.2 Å². The smallest absolute Gasteiger partial charge is 0.408 e. The molecule has 1 aromatic heterocycles. The first-order valence-corrected chi connectivity index (χ1v) is 17.7. The Morgan fingerprint density at radius 3 is 2.54 bits per heavy atom. The van der Waals surface area contributed by atoms with Crippen molar-refractivity contribution >= 4 is 46.2 Å². The molecule has 0 spiro atoms. The molecule has 2 heterocycles. The Balaban J connectivity index is 1.26. The Hall–Kier alpha value is -3.66. The van der Waals surface area contributed by atoms with Gasteiger partial charge in [0.1, 0.15) is 35.6 Å².